The first-order valence-electron chi connectivity index (χ1n) is 3.77. The number of benzene rings is 1. The normalized spacial score (nSPS) is 9.77. The molecule has 1 aromatic rings. The molecular weight excluding hydrogens is 193 g/mol. The summed E-state index contributed by atoms with van der Waals surface area (Å²) in [5.41, 5.74) is 0.514. The third kappa shape index (κ3) is 3.42. The first-order valence-corrected chi connectivity index (χ1v) is 4.15. The number of nitrogens with one attached hydrogen (secondary N) is 1. The van der Waals surface area contributed by atoms with Gasteiger partial charge in [0.15, 0.2) is 0 Å². The maximum atomic E-state index is 12.7. The van der Waals surface area contributed by atoms with Gasteiger partial charge in [-0.2, -0.15) is 0 Å². The monoisotopic (exact) mass is 201 g/mol. The van der Waals surface area contributed by atoms with E-state index < -0.39 is 5.82 Å². The van der Waals surface area contributed by atoms with Crippen molar-refractivity contribution in [2.75, 3.05) is 11.9 Å². The van der Waals surface area contributed by atoms with Gasteiger partial charge < -0.3 is 5.32 Å². The fourth-order valence-electron chi connectivity index (χ4n) is 0.882. The molecule has 0 saturated carbocycles. The summed E-state index contributed by atoms with van der Waals surface area (Å²) in [4.78, 5) is 10.6. The minimum atomic E-state index is -0.418. The molecule has 0 aliphatic carbocycles. The number of hydrogen-bond acceptors (Lipinski definition) is 2. The third-order valence-electron chi connectivity index (χ3n) is 1.40. The molecule has 70 valence electrons. The molecule has 0 heterocycles. The van der Waals surface area contributed by atoms with Gasteiger partial charge in [0.05, 0.1) is 6.54 Å². The number of carbonyl (C=O) groups is 1. The van der Waals surface area contributed by atoms with E-state index in [2.05, 4.69) is 5.32 Å². The van der Waals surface area contributed by atoms with Crippen LogP contribution in [-0.4, -0.2) is 12.3 Å². The zero-order valence-electron chi connectivity index (χ0n) is 7.10. The van der Waals surface area contributed by atoms with E-state index in [9.17, 15) is 9.18 Å². The van der Waals surface area contributed by atoms with Gasteiger partial charge in [-0.15, -0.1) is 0 Å². The summed E-state index contributed by atoms with van der Waals surface area (Å²) in [6, 6.07) is 4.06. The Morgan fingerprint density at radius 3 is 2.77 bits per heavy atom. The summed E-state index contributed by atoms with van der Waals surface area (Å²) in [5, 5.41) is 3.06. The highest BCUT2D eigenvalue weighted by Crippen LogP contribution is 2.17. The largest absolute Gasteiger partial charge is 0.378 e. The molecule has 13 heavy (non-hydrogen) atoms. The Balaban J connectivity index is 2.71. The lowest BCUT2D eigenvalue weighted by atomic mass is 10.3. The van der Waals surface area contributed by atoms with Crippen molar-refractivity contribution in [2.45, 2.75) is 6.92 Å². The zero-order valence-corrected chi connectivity index (χ0v) is 7.86. The molecule has 4 heteroatoms. The van der Waals surface area contributed by atoms with Crippen LogP contribution in [0.4, 0.5) is 10.1 Å². The van der Waals surface area contributed by atoms with Gasteiger partial charge >= 0.3 is 0 Å². The average Bonchev–Trinajstić information content (AvgIpc) is 1.99. The average molecular weight is 202 g/mol. The summed E-state index contributed by atoms with van der Waals surface area (Å²) < 4.78 is 12.7. The summed E-state index contributed by atoms with van der Waals surface area (Å²) in [5.74, 6) is -0.432. The van der Waals surface area contributed by atoms with Crippen LogP contribution < -0.4 is 5.32 Å². The van der Waals surface area contributed by atoms with E-state index in [1.165, 1.54) is 19.1 Å². The van der Waals surface area contributed by atoms with Crippen LogP contribution in [-0.2, 0) is 4.79 Å². The van der Waals surface area contributed by atoms with Gasteiger partial charge in [0.25, 0.3) is 0 Å². The van der Waals surface area contributed by atoms with Gasteiger partial charge in [0.1, 0.15) is 11.6 Å². The van der Waals surface area contributed by atoms with Gasteiger partial charge in [-0.1, -0.05) is 11.6 Å². The number of carbonyl (C=O) groups excluding carboxylic acids is 1. The summed E-state index contributed by atoms with van der Waals surface area (Å²) in [6.45, 7) is 1.63. The van der Waals surface area contributed by atoms with Gasteiger partial charge in [0, 0.05) is 10.7 Å². The summed E-state index contributed by atoms with van der Waals surface area (Å²) in [6.07, 6.45) is 0. The molecule has 0 fully saturated rings. The summed E-state index contributed by atoms with van der Waals surface area (Å²) >= 11 is 5.60. The highest BCUT2D eigenvalue weighted by atomic mass is 35.5. The number of anilines is 1. The van der Waals surface area contributed by atoms with E-state index in [1.807, 2.05) is 0 Å². The van der Waals surface area contributed by atoms with Crippen LogP contribution in [0, 0.1) is 5.82 Å². The Morgan fingerprint density at radius 2 is 2.23 bits per heavy atom. The maximum Gasteiger partial charge on any atom is 0.148 e. The van der Waals surface area contributed by atoms with E-state index in [1.54, 1.807) is 6.07 Å². The second kappa shape index (κ2) is 4.23. The molecule has 0 bridgehead atoms. The van der Waals surface area contributed by atoms with E-state index >= 15 is 0 Å². The van der Waals surface area contributed by atoms with Gasteiger partial charge in [-0.3, -0.25) is 4.79 Å². The second-order valence-corrected chi connectivity index (χ2v) is 3.15. The molecule has 0 aromatic heterocycles. The Bertz CT molecular complexity index is 307. The minimum absolute atomic E-state index is 0.0135. The molecule has 0 aliphatic rings. The molecule has 1 rings (SSSR count). The highest BCUT2D eigenvalue weighted by Gasteiger charge is 1.99. The molecule has 0 saturated heterocycles. The molecule has 0 atom stereocenters. The lowest BCUT2D eigenvalue weighted by molar-refractivity contribution is -0.115. The van der Waals surface area contributed by atoms with Crippen LogP contribution in [0.1, 0.15) is 6.92 Å². The smallest absolute Gasteiger partial charge is 0.148 e. The van der Waals surface area contributed by atoms with E-state index in [4.69, 9.17) is 11.6 Å². The number of Topliss-reactive ketones (excluding diaryl/α,β-unsaturated/α-hetero) is 1. The van der Waals surface area contributed by atoms with E-state index in [-0.39, 0.29) is 12.3 Å². The fraction of sp³-hybridized carbons (Fsp3) is 0.222. The first-order chi connectivity index (χ1) is 6.08. The van der Waals surface area contributed by atoms with Crippen LogP contribution in [0.2, 0.25) is 5.02 Å². The number of rotatable bonds is 3. The number of hydrogen-bond donors (Lipinski definition) is 1. The highest BCUT2D eigenvalue weighted by molar-refractivity contribution is 6.30. The Kier molecular flexibility index (Phi) is 3.25. The molecule has 0 aliphatic heterocycles. The predicted octanol–water partition coefficient (Wildman–Crippen LogP) is 2.48. The molecule has 1 N–H and O–H groups in total. The third-order valence-corrected chi connectivity index (χ3v) is 1.62. The van der Waals surface area contributed by atoms with Crippen molar-refractivity contribution in [1.82, 2.24) is 0 Å². The molecule has 0 spiro atoms. The van der Waals surface area contributed by atoms with Gasteiger partial charge in [0.2, 0.25) is 0 Å². The second-order valence-electron chi connectivity index (χ2n) is 2.71. The predicted molar refractivity (Wildman–Crippen MR) is 50.6 cm³/mol. The molecule has 0 radical (unpaired) electrons. The van der Waals surface area contributed by atoms with E-state index in [0.717, 1.165) is 0 Å². The number of ketones is 1. The Hall–Kier alpha value is -1.09. The standard InChI is InChI=1S/C9H9ClFNO/c1-6(13)5-12-9-3-7(10)2-8(11)4-9/h2-4,12H,5H2,1H3. The molecular formula is C9H9ClFNO. The van der Waals surface area contributed by atoms with Crippen molar-refractivity contribution >= 4 is 23.1 Å². The first kappa shape index (κ1) is 9.99. The van der Waals surface area contributed by atoms with Gasteiger partial charge in [-0.05, 0) is 25.1 Å². The molecule has 1 aromatic carbocycles. The molecule has 2 nitrogen and oxygen atoms in total. The Morgan fingerprint density at radius 1 is 1.54 bits per heavy atom. The van der Waals surface area contributed by atoms with Crippen molar-refractivity contribution in [1.29, 1.82) is 0 Å². The lowest BCUT2D eigenvalue weighted by Gasteiger charge is -2.04. The van der Waals surface area contributed by atoms with Crippen LogP contribution in [0.25, 0.3) is 0 Å². The Labute approximate surface area is 80.7 Å². The summed E-state index contributed by atoms with van der Waals surface area (Å²) in [7, 11) is 0. The van der Waals surface area contributed by atoms with Crippen molar-refractivity contribution in [3.8, 4) is 0 Å². The van der Waals surface area contributed by atoms with E-state index in [0.29, 0.717) is 10.7 Å². The van der Waals surface area contributed by atoms with Crippen LogP contribution in [0.15, 0.2) is 18.2 Å². The van der Waals surface area contributed by atoms with Gasteiger partial charge in [-0.25, -0.2) is 4.39 Å². The van der Waals surface area contributed by atoms with Crippen LogP contribution in [0.5, 0.6) is 0 Å². The topological polar surface area (TPSA) is 29.1 Å². The van der Waals surface area contributed by atoms with Crippen molar-refractivity contribution < 1.29 is 9.18 Å². The number of halogens is 2. The minimum Gasteiger partial charge on any atom is -0.378 e. The quantitative estimate of drug-likeness (QED) is 0.814. The molecule has 0 unspecified atom stereocenters. The lowest BCUT2D eigenvalue weighted by Crippen LogP contribution is -2.09. The SMILES string of the molecule is CC(=O)CNc1cc(F)cc(Cl)c1. The van der Waals surface area contributed by atoms with Crippen molar-refractivity contribution in [2.24, 2.45) is 0 Å². The van der Waals surface area contributed by atoms with Crippen molar-refractivity contribution in [3.63, 3.8) is 0 Å². The van der Waals surface area contributed by atoms with Crippen molar-refractivity contribution in [3.05, 3.63) is 29.0 Å². The fourth-order valence-corrected chi connectivity index (χ4v) is 1.10. The zero-order chi connectivity index (χ0) is 9.84. The van der Waals surface area contributed by atoms with Crippen LogP contribution in [0.3, 0.4) is 0 Å². The van der Waals surface area contributed by atoms with Crippen LogP contribution >= 0.6 is 11.6 Å². The molecule has 0 amide bonds. The maximum absolute atomic E-state index is 12.7.